The maximum atomic E-state index is 12.3. The first-order chi connectivity index (χ1) is 11.4. The minimum Gasteiger partial charge on any atom is -0.506 e. The molecule has 1 saturated heterocycles. The zero-order chi connectivity index (χ0) is 17.4. The molecule has 3 rings (SSSR count). The number of phenols is 1. The molecule has 0 aliphatic carbocycles. The van der Waals surface area contributed by atoms with Gasteiger partial charge in [-0.15, -0.1) is 0 Å². The summed E-state index contributed by atoms with van der Waals surface area (Å²) in [6.45, 7) is 8.58. The van der Waals surface area contributed by atoms with Crippen LogP contribution in [0, 0.1) is 12.8 Å². The van der Waals surface area contributed by atoms with Crippen LogP contribution in [0.3, 0.4) is 0 Å². The number of rotatable bonds is 3. The van der Waals surface area contributed by atoms with Gasteiger partial charge in [0, 0.05) is 24.0 Å². The van der Waals surface area contributed by atoms with Crippen molar-refractivity contribution >= 4 is 22.6 Å². The fraction of sp³-hybridized carbons (Fsp3) is 0.526. The number of hydrogen-bond donors (Lipinski definition) is 1. The van der Waals surface area contributed by atoms with Gasteiger partial charge in [0.25, 0.3) is 0 Å². The van der Waals surface area contributed by atoms with Gasteiger partial charge in [-0.1, -0.05) is 25.4 Å². The molecule has 2 aromatic rings. The highest BCUT2D eigenvalue weighted by Crippen LogP contribution is 2.37. The molecule has 5 heteroatoms. The molecule has 1 aromatic carbocycles. The lowest BCUT2D eigenvalue weighted by Gasteiger charge is -2.31. The predicted octanol–water partition coefficient (Wildman–Crippen LogP) is 4.25. The third kappa shape index (κ3) is 3.05. The van der Waals surface area contributed by atoms with Gasteiger partial charge in [0.2, 0.25) is 0 Å². The number of piperidine rings is 1. The second-order valence-corrected chi connectivity index (χ2v) is 7.30. The highest BCUT2D eigenvalue weighted by molar-refractivity contribution is 6.33. The van der Waals surface area contributed by atoms with E-state index in [1.807, 2.05) is 13.8 Å². The molecule has 2 heterocycles. The molecule has 1 N–H and O–H groups in total. The molecular weight excluding hydrogens is 326 g/mol. The van der Waals surface area contributed by atoms with Crippen LogP contribution in [0.5, 0.6) is 5.75 Å². The lowest BCUT2D eigenvalue weighted by atomic mass is 9.98. The van der Waals surface area contributed by atoms with Gasteiger partial charge in [-0.25, -0.2) is 4.79 Å². The summed E-state index contributed by atoms with van der Waals surface area (Å²) >= 11 is 6.26. The van der Waals surface area contributed by atoms with Crippen molar-refractivity contribution in [2.45, 2.75) is 46.6 Å². The van der Waals surface area contributed by atoms with Crippen molar-refractivity contribution in [3.63, 3.8) is 0 Å². The molecular formula is C19H24ClNO3. The molecule has 0 amide bonds. The molecule has 1 aliphatic heterocycles. The quantitative estimate of drug-likeness (QED) is 0.841. The summed E-state index contributed by atoms with van der Waals surface area (Å²) in [5.41, 5.74) is 2.32. The standard InChI is InChI=1S/C19H24ClNO3/c1-4-13-12(3)14-8-16(20)17(22)15(18(14)24-19(13)23)10-21-7-5-6-11(2)9-21/h8,11,22H,4-7,9-10H2,1-3H3/t11-/m0/s1. The lowest BCUT2D eigenvalue weighted by Crippen LogP contribution is -2.33. The van der Waals surface area contributed by atoms with Gasteiger partial charge >= 0.3 is 5.63 Å². The summed E-state index contributed by atoms with van der Waals surface area (Å²) in [7, 11) is 0. The molecule has 1 atom stereocenters. The second-order valence-electron chi connectivity index (χ2n) is 6.89. The van der Waals surface area contributed by atoms with Crippen LogP contribution in [0.2, 0.25) is 5.02 Å². The fourth-order valence-corrected chi connectivity index (χ4v) is 3.97. The zero-order valence-corrected chi connectivity index (χ0v) is 15.2. The third-order valence-corrected chi connectivity index (χ3v) is 5.36. The van der Waals surface area contributed by atoms with E-state index in [0.717, 1.165) is 30.5 Å². The maximum absolute atomic E-state index is 12.3. The van der Waals surface area contributed by atoms with Crippen LogP contribution in [0.25, 0.3) is 11.0 Å². The number of nitrogens with zero attached hydrogens (tertiary/aromatic N) is 1. The van der Waals surface area contributed by atoms with Crippen LogP contribution >= 0.6 is 11.6 Å². The summed E-state index contributed by atoms with van der Waals surface area (Å²) in [6, 6.07) is 1.70. The Morgan fingerprint density at radius 2 is 2.17 bits per heavy atom. The highest BCUT2D eigenvalue weighted by atomic mass is 35.5. The Hall–Kier alpha value is -1.52. The van der Waals surface area contributed by atoms with E-state index in [4.69, 9.17) is 16.0 Å². The molecule has 1 fully saturated rings. The smallest absolute Gasteiger partial charge is 0.339 e. The molecule has 130 valence electrons. The predicted molar refractivity (Wildman–Crippen MR) is 96.9 cm³/mol. The summed E-state index contributed by atoms with van der Waals surface area (Å²) in [5, 5.41) is 11.6. The largest absolute Gasteiger partial charge is 0.506 e. The van der Waals surface area contributed by atoms with Crippen molar-refractivity contribution in [3.05, 3.63) is 38.2 Å². The number of halogens is 1. The second kappa shape index (κ2) is 6.77. The molecule has 0 spiro atoms. The number of benzene rings is 1. The first-order valence-corrected chi connectivity index (χ1v) is 8.99. The molecule has 4 nitrogen and oxygen atoms in total. The van der Waals surface area contributed by atoms with Gasteiger partial charge in [-0.2, -0.15) is 0 Å². The summed E-state index contributed by atoms with van der Waals surface area (Å²) < 4.78 is 5.60. The van der Waals surface area contributed by atoms with Crippen molar-refractivity contribution in [2.24, 2.45) is 5.92 Å². The van der Waals surface area contributed by atoms with E-state index in [0.29, 0.717) is 40.6 Å². The van der Waals surface area contributed by atoms with E-state index in [2.05, 4.69) is 11.8 Å². The van der Waals surface area contributed by atoms with Crippen LogP contribution in [0.15, 0.2) is 15.3 Å². The highest BCUT2D eigenvalue weighted by Gasteiger charge is 2.23. The van der Waals surface area contributed by atoms with Gasteiger partial charge in [0.15, 0.2) is 0 Å². The van der Waals surface area contributed by atoms with Crippen molar-refractivity contribution in [1.29, 1.82) is 0 Å². The third-order valence-electron chi connectivity index (χ3n) is 5.08. The summed E-state index contributed by atoms with van der Waals surface area (Å²) in [5.74, 6) is 0.654. The Morgan fingerprint density at radius 1 is 1.42 bits per heavy atom. The first-order valence-electron chi connectivity index (χ1n) is 8.61. The van der Waals surface area contributed by atoms with E-state index in [1.165, 1.54) is 6.42 Å². The van der Waals surface area contributed by atoms with Crippen LogP contribution in [0.1, 0.15) is 43.4 Å². The Balaban J connectivity index is 2.15. The fourth-order valence-electron chi connectivity index (χ4n) is 3.75. The lowest BCUT2D eigenvalue weighted by molar-refractivity contribution is 0.175. The Kier molecular flexibility index (Phi) is 4.88. The average molecular weight is 350 g/mol. The van der Waals surface area contributed by atoms with Crippen molar-refractivity contribution in [3.8, 4) is 5.75 Å². The van der Waals surface area contributed by atoms with Gasteiger partial charge in [0.1, 0.15) is 11.3 Å². The number of aromatic hydroxyl groups is 1. The van der Waals surface area contributed by atoms with Crippen molar-refractivity contribution < 1.29 is 9.52 Å². The molecule has 0 bridgehead atoms. The van der Waals surface area contributed by atoms with Crippen LogP contribution < -0.4 is 5.63 Å². The van der Waals surface area contributed by atoms with Crippen molar-refractivity contribution in [1.82, 2.24) is 4.90 Å². The minimum absolute atomic E-state index is 0.0224. The van der Waals surface area contributed by atoms with E-state index >= 15 is 0 Å². The number of phenolic OH excluding ortho intramolecular Hbond substituents is 1. The zero-order valence-electron chi connectivity index (χ0n) is 14.5. The summed E-state index contributed by atoms with van der Waals surface area (Å²) in [4.78, 5) is 14.6. The van der Waals surface area contributed by atoms with Crippen molar-refractivity contribution in [2.75, 3.05) is 13.1 Å². The number of hydrogen-bond acceptors (Lipinski definition) is 4. The summed E-state index contributed by atoms with van der Waals surface area (Å²) in [6.07, 6.45) is 2.98. The topological polar surface area (TPSA) is 53.7 Å². The molecule has 24 heavy (non-hydrogen) atoms. The average Bonchev–Trinajstić information content (AvgIpc) is 2.54. The Morgan fingerprint density at radius 3 is 2.83 bits per heavy atom. The van der Waals surface area contributed by atoms with E-state index < -0.39 is 0 Å². The maximum Gasteiger partial charge on any atom is 0.339 e. The number of likely N-dealkylation sites (tertiary alicyclic amines) is 1. The molecule has 1 aromatic heterocycles. The first kappa shape index (κ1) is 17.3. The van der Waals surface area contributed by atoms with Gasteiger partial charge in [0.05, 0.1) is 10.6 Å². The Bertz CT molecular complexity index is 828. The molecule has 0 radical (unpaired) electrons. The van der Waals surface area contributed by atoms with E-state index in [1.54, 1.807) is 6.07 Å². The number of aryl methyl sites for hydroxylation is 1. The molecule has 1 aliphatic rings. The normalized spacial score (nSPS) is 19.1. The van der Waals surface area contributed by atoms with Crippen LogP contribution in [-0.2, 0) is 13.0 Å². The Labute approximate surface area is 147 Å². The molecule has 0 unspecified atom stereocenters. The number of fused-ring (bicyclic) bond motifs is 1. The van der Waals surface area contributed by atoms with E-state index in [-0.39, 0.29) is 11.4 Å². The van der Waals surface area contributed by atoms with Gasteiger partial charge < -0.3 is 9.52 Å². The SMILES string of the molecule is CCc1c(C)c2cc(Cl)c(O)c(CN3CCC[C@H](C)C3)c2oc1=O. The minimum atomic E-state index is -0.322. The van der Waals surface area contributed by atoms with Gasteiger partial charge in [-0.05, 0) is 50.3 Å². The van der Waals surface area contributed by atoms with E-state index in [9.17, 15) is 9.90 Å². The van der Waals surface area contributed by atoms with Crippen LogP contribution in [-0.4, -0.2) is 23.1 Å². The van der Waals surface area contributed by atoms with Crippen LogP contribution in [0.4, 0.5) is 0 Å². The monoisotopic (exact) mass is 349 g/mol. The van der Waals surface area contributed by atoms with Gasteiger partial charge in [-0.3, -0.25) is 4.90 Å². The molecule has 0 saturated carbocycles.